The molecule has 0 spiro atoms. The van der Waals surface area contributed by atoms with E-state index in [-0.39, 0.29) is 0 Å². The highest BCUT2D eigenvalue weighted by Gasteiger charge is 2.38. The summed E-state index contributed by atoms with van der Waals surface area (Å²) in [6.07, 6.45) is 0. The highest BCUT2D eigenvalue weighted by molar-refractivity contribution is 7.03. The van der Waals surface area contributed by atoms with Gasteiger partial charge in [0, 0.05) is 29.2 Å². The van der Waals surface area contributed by atoms with Crippen molar-refractivity contribution in [2.45, 2.75) is 13.1 Å². The fourth-order valence-electron chi connectivity index (χ4n) is 4.50. The van der Waals surface area contributed by atoms with Gasteiger partial charge in [-0.2, -0.15) is 0 Å². The van der Waals surface area contributed by atoms with Crippen molar-refractivity contribution in [1.82, 2.24) is 0 Å². The normalized spacial score (nSPS) is 15.2. The number of nitrogens with zero attached hydrogens (tertiary/aromatic N) is 1. The first kappa shape index (κ1) is 14.7. The molecule has 2 heteroatoms. The third-order valence-electron chi connectivity index (χ3n) is 5.82. The van der Waals surface area contributed by atoms with Crippen molar-refractivity contribution >= 4 is 51.4 Å². The van der Waals surface area contributed by atoms with Crippen LogP contribution < -0.4 is 15.3 Å². The van der Waals surface area contributed by atoms with Crippen LogP contribution in [0.4, 0.5) is 11.4 Å². The zero-order valence-electron chi connectivity index (χ0n) is 14.9. The van der Waals surface area contributed by atoms with Gasteiger partial charge in [-0.05, 0) is 21.1 Å². The average molecular weight is 340 g/mol. The summed E-state index contributed by atoms with van der Waals surface area (Å²) in [5.74, 6) is 0. The lowest BCUT2D eigenvalue weighted by molar-refractivity contribution is 1.24. The smallest absolute Gasteiger partial charge is 0.117 e. The second kappa shape index (κ2) is 4.96. The van der Waals surface area contributed by atoms with Crippen molar-refractivity contribution < 1.29 is 0 Å². The van der Waals surface area contributed by atoms with Crippen molar-refractivity contribution in [3.8, 4) is 0 Å². The van der Waals surface area contributed by atoms with Crippen molar-refractivity contribution in [1.29, 1.82) is 0 Å². The Morgan fingerprint density at radius 2 is 1.04 bits per heavy atom. The van der Waals surface area contributed by atoms with Crippen LogP contribution in [0.2, 0.25) is 13.1 Å². The molecule has 1 nitrogen and oxygen atoms in total. The zero-order chi connectivity index (χ0) is 17.2. The van der Waals surface area contributed by atoms with Crippen molar-refractivity contribution in [3.63, 3.8) is 0 Å². The minimum absolute atomic E-state index is 1.32. The standard InChI is InChI=1S/C23H21NSi/c1-24-22-18-10-6-4-8-16(18)12-14-20(22)25(2,3)21-15-13-17-9-5-7-11-19(17)23(21)24/h4-15H,1-3H3. The summed E-state index contributed by atoms with van der Waals surface area (Å²) >= 11 is 0. The number of fused-ring (bicyclic) bond motifs is 6. The Kier molecular flexibility index (Phi) is 2.92. The molecule has 1 aliphatic rings. The van der Waals surface area contributed by atoms with Gasteiger partial charge in [0.1, 0.15) is 8.07 Å². The highest BCUT2D eigenvalue weighted by atomic mass is 28.3. The second-order valence-corrected chi connectivity index (χ2v) is 11.9. The van der Waals surface area contributed by atoms with E-state index in [1.807, 2.05) is 0 Å². The second-order valence-electron chi connectivity index (χ2n) is 7.55. The molecule has 0 unspecified atom stereocenters. The van der Waals surface area contributed by atoms with Gasteiger partial charge >= 0.3 is 0 Å². The van der Waals surface area contributed by atoms with Gasteiger partial charge in [0.05, 0.1) is 0 Å². The van der Waals surface area contributed by atoms with E-state index in [4.69, 9.17) is 0 Å². The average Bonchev–Trinajstić information content (AvgIpc) is 2.64. The van der Waals surface area contributed by atoms with Crippen molar-refractivity contribution in [3.05, 3.63) is 72.8 Å². The maximum atomic E-state index is 2.49. The Morgan fingerprint density at radius 3 is 1.52 bits per heavy atom. The minimum Gasteiger partial charge on any atom is -0.344 e. The largest absolute Gasteiger partial charge is 0.344 e. The van der Waals surface area contributed by atoms with Crippen LogP contribution in [0.5, 0.6) is 0 Å². The van der Waals surface area contributed by atoms with Gasteiger partial charge in [-0.1, -0.05) is 85.9 Å². The van der Waals surface area contributed by atoms with Crippen molar-refractivity contribution in [2.24, 2.45) is 0 Å². The number of benzene rings is 4. The molecule has 5 rings (SSSR count). The third-order valence-corrected chi connectivity index (χ3v) is 9.32. The Morgan fingerprint density at radius 1 is 0.600 bits per heavy atom. The molecule has 0 atom stereocenters. The lowest BCUT2D eigenvalue weighted by atomic mass is 10.0. The van der Waals surface area contributed by atoms with Gasteiger partial charge in [0.25, 0.3) is 0 Å². The molecule has 0 bridgehead atoms. The van der Waals surface area contributed by atoms with Crippen LogP contribution in [0.25, 0.3) is 21.5 Å². The predicted molar refractivity (Wildman–Crippen MR) is 113 cm³/mol. The topological polar surface area (TPSA) is 3.24 Å². The van der Waals surface area contributed by atoms with Crippen molar-refractivity contribution in [2.75, 3.05) is 11.9 Å². The maximum Gasteiger partial charge on any atom is 0.117 e. The molecular formula is C23H21NSi. The third kappa shape index (κ3) is 1.89. The molecular weight excluding hydrogens is 318 g/mol. The van der Waals surface area contributed by atoms with Gasteiger partial charge in [0.15, 0.2) is 0 Å². The van der Waals surface area contributed by atoms with Crippen LogP contribution in [0.3, 0.4) is 0 Å². The van der Waals surface area contributed by atoms with Gasteiger partial charge in [-0.25, -0.2) is 0 Å². The van der Waals surface area contributed by atoms with Crippen LogP contribution in [0.1, 0.15) is 0 Å². The summed E-state index contributed by atoms with van der Waals surface area (Å²) in [7, 11) is 0.487. The molecule has 1 aliphatic heterocycles. The van der Waals surface area contributed by atoms with Crippen LogP contribution >= 0.6 is 0 Å². The Balaban J connectivity index is 1.95. The molecule has 0 radical (unpaired) electrons. The molecule has 4 aromatic rings. The van der Waals surface area contributed by atoms with E-state index in [1.54, 1.807) is 0 Å². The number of hydrogen-bond donors (Lipinski definition) is 0. The summed E-state index contributed by atoms with van der Waals surface area (Å²) < 4.78 is 0. The molecule has 4 aromatic carbocycles. The van der Waals surface area contributed by atoms with Crippen LogP contribution in [-0.2, 0) is 0 Å². The monoisotopic (exact) mass is 339 g/mol. The van der Waals surface area contributed by atoms with Crippen LogP contribution in [-0.4, -0.2) is 15.1 Å². The molecule has 0 amide bonds. The van der Waals surface area contributed by atoms with Crippen LogP contribution in [0.15, 0.2) is 72.8 Å². The van der Waals surface area contributed by atoms with E-state index in [2.05, 4.69) is 97.8 Å². The van der Waals surface area contributed by atoms with Gasteiger partial charge in [-0.3, -0.25) is 0 Å². The quantitative estimate of drug-likeness (QED) is 0.412. The Hall–Kier alpha value is -2.58. The summed E-state index contributed by atoms with van der Waals surface area (Å²) in [5.41, 5.74) is 2.80. The van der Waals surface area contributed by atoms with E-state index >= 15 is 0 Å². The number of rotatable bonds is 0. The molecule has 0 saturated carbocycles. The molecule has 0 saturated heterocycles. The lowest BCUT2D eigenvalue weighted by Crippen LogP contribution is -2.58. The minimum atomic E-state index is -1.75. The fourth-order valence-corrected chi connectivity index (χ4v) is 7.58. The molecule has 0 N–H and O–H groups in total. The van der Waals surface area contributed by atoms with Gasteiger partial charge in [0.2, 0.25) is 0 Å². The van der Waals surface area contributed by atoms with E-state index in [9.17, 15) is 0 Å². The SMILES string of the molecule is CN1c2c(ccc3ccccc23)[Si](C)(C)c2ccc3ccccc3c21. The molecule has 1 heterocycles. The van der Waals surface area contributed by atoms with E-state index < -0.39 is 8.07 Å². The van der Waals surface area contributed by atoms with E-state index in [0.717, 1.165) is 0 Å². The van der Waals surface area contributed by atoms with Gasteiger partial charge < -0.3 is 4.90 Å². The molecule has 25 heavy (non-hydrogen) atoms. The highest BCUT2D eigenvalue weighted by Crippen LogP contribution is 2.38. The lowest BCUT2D eigenvalue weighted by Gasteiger charge is -2.40. The predicted octanol–water partition coefficient (Wildman–Crippen LogP) is 4.90. The first-order valence-electron chi connectivity index (χ1n) is 8.87. The summed E-state index contributed by atoms with van der Waals surface area (Å²) in [5, 5.41) is 8.44. The first-order valence-corrected chi connectivity index (χ1v) is 11.9. The summed E-state index contributed by atoms with van der Waals surface area (Å²) in [4.78, 5) is 2.44. The number of hydrogen-bond acceptors (Lipinski definition) is 1. The summed E-state index contributed by atoms with van der Waals surface area (Å²) in [6, 6.07) is 26.9. The molecule has 0 fully saturated rings. The molecule has 0 aromatic heterocycles. The Bertz CT molecular complexity index is 1050. The van der Waals surface area contributed by atoms with Gasteiger partial charge in [-0.15, -0.1) is 0 Å². The Labute approximate surface area is 149 Å². The zero-order valence-corrected chi connectivity index (χ0v) is 15.9. The van der Waals surface area contributed by atoms with E-state index in [1.165, 1.54) is 43.3 Å². The molecule has 0 aliphatic carbocycles. The van der Waals surface area contributed by atoms with Crippen LogP contribution in [0, 0.1) is 0 Å². The first-order chi connectivity index (χ1) is 12.1. The summed E-state index contributed by atoms with van der Waals surface area (Å²) in [6.45, 7) is 4.97. The maximum absolute atomic E-state index is 2.49. The molecule has 122 valence electrons. The van der Waals surface area contributed by atoms with E-state index in [0.29, 0.717) is 0 Å². The fraction of sp³-hybridized carbons (Fsp3) is 0.130. The number of anilines is 2.